The molecule has 8 rings (SSSR count). The maximum Gasteiger partial charge on any atom is 0.500 e. The van der Waals surface area contributed by atoms with Crippen molar-refractivity contribution in [3.63, 3.8) is 0 Å². The molecular formula is C72H88N2O6Si2. The van der Waals surface area contributed by atoms with E-state index in [9.17, 15) is 0 Å². The molecule has 8 aromatic rings. The van der Waals surface area contributed by atoms with Gasteiger partial charge in [-0.1, -0.05) is 183 Å². The molecular weight excluding hydrogens is 1040 g/mol. The van der Waals surface area contributed by atoms with Crippen LogP contribution in [0.15, 0.2) is 207 Å². The van der Waals surface area contributed by atoms with Crippen LogP contribution in [0.4, 0.5) is 34.1 Å². The molecule has 82 heavy (non-hydrogen) atoms. The molecule has 8 aromatic carbocycles. The summed E-state index contributed by atoms with van der Waals surface area (Å²) >= 11 is 0. The third-order valence-electron chi connectivity index (χ3n) is 15.4. The average molecular weight is 1130 g/mol. The normalized spacial score (nSPS) is 12.0. The summed E-state index contributed by atoms with van der Waals surface area (Å²) in [5.74, 6) is 0.961. The van der Waals surface area contributed by atoms with Gasteiger partial charge in [0.05, 0.1) is 0 Å². The molecule has 0 radical (unpaired) electrons. The lowest BCUT2D eigenvalue weighted by atomic mass is 9.84. The summed E-state index contributed by atoms with van der Waals surface area (Å²) in [6, 6.07) is 71.3. The van der Waals surface area contributed by atoms with Crippen molar-refractivity contribution in [2.45, 2.75) is 91.1 Å². The van der Waals surface area contributed by atoms with Crippen LogP contribution in [0.2, 0.25) is 12.1 Å². The van der Waals surface area contributed by atoms with Gasteiger partial charge in [-0.05, 0) is 171 Å². The minimum Gasteiger partial charge on any atom is -0.377 e. The van der Waals surface area contributed by atoms with Gasteiger partial charge in [0.15, 0.2) is 0 Å². The molecule has 0 aliphatic heterocycles. The summed E-state index contributed by atoms with van der Waals surface area (Å²) in [6.45, 7) is 20.7. The van der Waals surface area contributed by atoms with Crippen LogP contribution in [0.3, 0.4) is 0 Å². The van der Waals surface area contributed by atoms with Gasteiger partial charge in [0.2, 0.25) is 0 Å². The Hall–Kier alpha value is -6.97. The van der Waals surface area contributed by atoms with E-state index in [4.69, 9.17) is 26.6 Å². The second kappa shape index (κ2) is 32.0. The predicted octanol–water partition coefficient (Wildman–Crippen LogP) is 19.0. The number of hydrogen-bond acceptors (Lipinski definition) is 8. The molecule has 0 fully saturated rings. The van der Waals surface area contributed by atoms with Crippen LogP contribution in [0.1, 0.15) is 94.2 Å². The van der Waals surface area contributed by atoms with E-state index in [1.807, 2.05) is 12.2 Å². The Kier molecular flexibility index (Phi) is 25.1. The van der Waals surface area contributed by atoms with Crippen LogP contribution in [0.25, 0.3) is 12.2 Å². The molecule has 0 bridgehead atoms. The van der Waals surface area contributed by atoms with Gasteiger partial charge in [-0.15, -0.1) is 0 Å². The quantitative estimate of drug-likeness (QED) is 0.0525. The van der Waals surface area contributed by atoms with Crippen molar-refractivity contribution in [2.24, 2.45) is 0 Å². The van der Waals surface area contributed by atoms with Crippen LogP contribution in [0.5, 0.6) is 0 Å². The first-order valence-corrected chi connectivity index (χ1v) is 32.3. The Balaban J connectivity index is 0.000000225. The Bertz CT molecular complexity index is 3020. The van der Waals surface area contributed by atoms with E-state index in [2.05, 4.69) is 259 Å². The number of anilines is 6. The maximum atomic E-state index is 5.58. The smallest absolute Gasteiger partial charge is 0.377 e. The molecule has 0 spiro atoms. The summed E-state index contributed by atoms with van der Waals surface area (Å²) in [4.78, 5) is 4.61. The van der Waals surface area contributed by atoms with E-state index in [-0.39, 0.29) is 0 Å². The fourth-order valence-corrected chi connectivity index (χ4v) is 13.4. The minimum absolute atomic E-state index is 0.464. The lowest BCUT2D eigenvalue weighted by Crippen LogP contribution is -2.43. The fourth-order valence-electron chi connectivity index (χ4n) is 9.97. The van der Waals surface area contributed by atoms with E-state index in [0.717, 1.165) is 66.0 Å². The van der Waals surface area contributed by atoms with Crippen molar-refractivity contribution >= 4 is 63.9 Å². The summed E-state index contributed by atoms with van der Waals surface area (Å²) in [5.41, 5.74) is 19.6. The number of benzene rings is 8. The molecule has 0 amide bonds. The SMILES string of the molecule is C=Cc1ccc(CC[Si](OC)(OC)OC)cc1.C=Cc1ccc(N(c2ccc(C)cc2)c2ccc(C)cc2)cc1.CCC(CC(C)c1ccc(CC[Si](OC)(OC)OC)cc1)c1ccc(N(c2ccc(C)cc2)c2ccc(C)cc2)cc1. The fraction of sp³-hybridized carbons (Fsp3) is 0.278. The lowest BCUT2D eigenvalue weighted by molar-refractivity contribution is 0.123. The highest BCUT2D eigenvalue weighted by Gasteiger charge is 2.38. The number of aryl methyl sites for hydroxylation is 6. The van der Waals surface area contributed by atoms with Crippen LogP contribution in [-0.4, -0.2) is 60.3 Å². The Labute approximate surface area is 494 Å². The zero-order chi connectivity index (χ0) is 59.1. The van der Waals surface area contributed by atoms with Gasteiger partial charge in [-0.25, -0.2) is 0 Å². The molecule has 0 aliphatic rings. The average Bonchev–Trinajstić information content (AvgIpc) is 3.60. The largest absolute Gasteiger partial charge is 0.500 e. The minimum atomic E-state index is -2.56. The first kappa shape index (κ1) is 64.2. The van der Waals surface area contributed by atoms with Crippen LogP contribution in [0, 0.1) is 27.7 Å². The van der Waals surface area contributed by atoms with Gasteiger partial charge < -0.3 is 36.4 Å². The van der Waals surface area contributed by atoms with E-state index in [0.29, 0.717) is 11.8 Å². The molecule has 0 saturated heterocycles. The zero-order valence-corrected chi connectivity index (χ0v) is 52.8. The third kappa shape index (κ3) is 18.0. The summed E-state index contributed by atoms with van der Waals surface area (Å²) in [5, 5.41) is 0. The van der Waals surface area contributed by atoms with E-state index < -0.39 is 17.6 Å². The Morgan fingerprint density at radius 2 is 0.634 bits per heavy atom. The highest BCUT2D eigenvalue weighted by atomic mass is 28.4. The third-order valence-corrected chi connectivity index (χ3v) is 20.8. The first-order chi connectivity index (χ1) is 39.7. The van der Waals surface area contributed by atoms with Gasteiger partial charge in [-0.3, -0.25) is 0 Å². The number of nitrogens with zero attached hydrogens (tertiary/aromatic N) is 2. The topological polar surface area (TPSA) is 61.9 Å². The molecule has 2 atom stereocenters. The predicted molar refractivity (Wildman–Crippen MR) is 351 cm³/mol. The molecule has 2 unspecified atom stereocenters. The van der Waals surface area contributed by atoms with E-state index in [1.165, 1.54) is 61.6 Å². The van der Waals surface area contributed by atoms with Crippen molar-refractivity contribution in [3.8, 4) is 0 Å². The van der Waals surface area contributed by atoms with E-state index >= 15 is 0 Å². The molecule has 0 saturated carbocycles. The molecule has 0 heterocycles. The molecule has 8 nitrogen and oxygen atoms in total. The summed E-state index contributed by atoms with van der Waals surface area (Å²) in [6.07, 6.45) is 7.69. The lowest BCUT2D eigenvalue weighted by Gasteiger charge is -2.27. The van der Waals surface area contributed by atoms with Crippen molar-refractivity contribution < 1.29 is 26.6 Å². The molecule has 430 valence electrons. The monoisotopic (exact) mass is 1130 g/mol. The van der Waals surface area contributed by atoms with Gasteiger partial charge in [0.25, 0.3) is 0 Å². The maximum absolute atomic E-state index is 5.58. The second-order valence-corrected chi connectivity index (χ2v) is 27.1. The summed E-state index contributed by atoms with van der Waals surface area (Å²) < 4.78 is 32.9. The molecule has 0 aromatic heterocycles. The van der Waals surface area contributed by atoms with Crippen molar-refractivity contribution in [3.05, 3.63) is 263 Å². The number of rotatable bonds is 25. The van der Waals surface area contributed by atoms with Crippen LogP contribution >= 0.6 is 0 Å². The van der Waals surface area contributed by atoms with Crippen molar-refractivity contribution in [1.29, 1.82) is 0 Å². The Morgan fingerprint density at radius 1 is 0.378 bits per heavy atom. The van der Waals surface area contributed by atoms with E-state index in [1.54, 1.807) is 42.7 Å². The molecule has 10 heteroatoms. The summed E-state index contributed by atoms with van der Waals surface area (Å²) in [7, 11) is 4.93. The standard InChI is InChI=1S/C37H47NO3Si.C22H21N.C13H20O3Si/c1-8-32(27-30(4)33-15-13-31(14-16-33)25-26-42(39-5,40-6)41-7)34-17-23-37(24-18-34)38(35-19-9-28(2)10-20-35)36-21-11-29(3)12-22-36;1-4-19-9-15-22(16-10-19)23(20-11-5-17(2)6-12-20)21-13-7-18(3)8-14-21;1-5-12-6-8-13(9-7-12)10-11-17(14-2,15-3)16-4/h9-24,30,32H,8,25-27H2,1-7H3;4-16H,1H2,2-3H3;5-9H,1,10-11H2,2-4H3. The second-order valence-electron chi connectivity index (χ2n) is 20.9. The first-order valence-electron chi connectivity index (χ1n) is 28.5. The van der Waals surface area contributed by atoms with Gasteiger partial charge in [-0.2, -0.15) is 0 Å². The van der Waals surface area contributed by atoms with Crippen LogP contribution < -0.4 is 9.80 Å². The van der Waals surface area contributed by atoms with Gasteiger partial charge in [0.1, 0.15) is 0 Å². The molecule has 0 N–H and O–H groups in total. The highest BCUT2D eigenvalue weighted by molar-refractivity contribution is 6.61. The number of hydrogen-bond donors (Lipinski definition) is 0. The van der Waals surface area contributed by atoms with Gasteiger partial charge >= 0.3 is 17.6 Å². The van der Waals surface area contributed by atoms with Crippen molar-refractivity contribution in [1.82, 2.24) is 0 Å². The highest BCUT2D eigenvalue weighted by Crippen LogP contribution is 2.39. The van der Waals surface area contributed by atoms with Crippen molar-refractivity contribution in [2.75, 3.05) is 52.5 Å². The Morgan fingerprint density at radius 3 is 0.915 bits per heavy atom. The van der Waals surface area contributed by atoms with Crippen LogP contribution in [-0.2, 0) is 39.4 Å². The van der Waals surface area contributed by atoms with Gasteiger partial charge in [0, 0.05) is 88.9 Å². The molecule has 0 aliphatic carbocycles. The zero-order valence-electron chi connectivity index (χ0n) is 50.8.